The second-order valence-electron chi connectivity index (χ2n) is 3.37. The molecule has 6 nitrogen and oxygen atoms in total. The number of hydrogen-bond acceptors (Lipinski definition) is 4. The van der Waals surface area contributed by atoms with Crippen molar-refractivity contribution in [1.29, 1.82) is 0 Å². The molecule has 0 radical (unpaired) electrons. The monoisotopic (exact) mass is 182 g/mol. The molecule has 1 aliphatic carbocycles. The van der Waals surface area contributed by atoms with Crippen molar-refractivity contribution in [2.75, 3.05) is 0 Å². The first-order valence-corrected chi connectivity index (χ1v) is 4.25. The minimum atomic E-state index is -0.397. The normalized spacial score (nSPS) is 16.0. The summed E-state index contributed by atoms with van der Waals surface area (Å²) < 4.78 is 1.69. The van der Waals surface area contributed by atoms with E-state index in [1.807, 2.05) is 0 Å². The number of hydrogen-bond donors (Lipinski definition) is 0. The van der Waals surface area contributed by atoms with Gasteiger partial charge < -0.3 is 0 Å². The summed E-state index contributed by atoms with van der Waals surface area (Å²) in [5.74, 6) is 0.713. The molecular formula is C7H10N4O2. The van der Waals surface area contributed by atoms with Gasteiger partial charge in [-0.25, -0.2) is 0 Å². The van der Waals surface area contributed by atoms with Crippen LogP contribution in [0.2, 0.25) is 0 Å². The van der Waals surface area contributed by atoms with Crippen molar-refractivity contribution in [3.63, 3.8) is 0 Å². The number of rotatable bonds is 4. The predicted octanol–water partition coefficient (Wildman–Crippen LogP) is 0.465. The van der Waals surface area contributed by atoms with Crippen LogP contribution in [0.1, 0.15) is 18.5 Å². The molecule has 0 atom stereocenters. The first-order valence-electron chi connectivity index (χ1n) is 4.25. The summed E-state index contributed by atoms with van der Waals surface area (Å²) in [6, 6.07) is 0. The fourth-order valence-corrected chi connectivity index (χ4v) is 1.20. The molecule has 1 aliphatic rings. The topological polar surface area (TPSA) is 73.8 Å². The van der Waals surface area contributed by atoms with Gasteiger partial charge in [0.2, 0.25) is 6.54 Å². The van der Waals surface area contributed by atoms with Gasteiger partial charge in [-0.1, -0.05) is 5.21 Å². The fourth-order valence-electron chi connectivity index (χ4n) is 1.20. The van der Waals surface area contributed by atoms with Crippen LogP contribution in [0.15, 0.2) is 6.20 Å². The first-order chi connectivity index (χ1) is 6.24. The van der Waals surface area contributed by atoms with Gasteiger partial charge >= 0.3 is 0 Å². The maximum atomic E-state index is 10.1. The van der Waals surface area contributed by atoms with Crippen molar-refractivity contribution in [3.8, 4) is 0 Å². The molecule has 1 fully saturated rings. The standard InChI is InChI=1S/C7H10N4O2/c12-11(13)5-7-4-10(9-8-7)3-6-1-2-6/h4,6H,1-3,5H2. The van der Waals surface area contributed by atoms with Gasteiger partial charge in [0.15, 0.2) is 5.69 Å². The van der Waals surface area contributed by atoms with E-state index in [1.54, 1.807) is 10.9 Å². The Morgan fingerprint density at radius 2 is 2.46 bits per heavy atom. The van der Waals surface area contributed by atoms with E-state index in [0.717, 1.165) is 6.54 Å². The lowest BCUT2D eigenvalue weighted by Gasteiger charge is -1.93. The molecule has 0 bridgehead atoms. The van der Waals surface area contributed by atoms with Crippen molar-refractivity contribution in [2.45, 2.75) is 25.9 Å². The molecule has 0 N–H and O–H groups in total. The minimum Gasteiger partial charge on any atom is -0.264 e. The van der Waals surface area contributed by atoms with E-state index in [9.17, 15) is 10.1 Å². The van der Waals surface area contributed by atoms with Gasteiger partial charge in [0.1, 0.15) is 0 Å². The van der Waals surface area contributed by atoms with Gasteiger partial charge in [0.25, 0.3) is 0 Å². The van der Waals surface area contributed by atoms with Crippen LogP contribution < -0.4 is 0 Å². The van der Waals surface area contributed by atoms with Crippen LogP contribution in [0, 0.1) is 16.0 Å². The third kappa shape index (κ3) is 2.24. The summed E-state index contributed by atoms with van der Waals surface area (Å²) in [5.41, 5.74) is 0.436. The van der Waals surface area contributed by atoms with E-state index in [0.29, 0.717) is 11.6 Å². The Morgan fingerprint density at radius 1 is 1.69 bits per heavy atom. The second-order valence-corrected chi connectivity index (χ2v) is 3.37. The van der Waals surface area contributed by atoms with Crippen LogP contribution in [0.5, 0.6) is 0 Å². The summed E-state index contributed by atoms with van der Waals surface area (Å²) in [5, 5.41) is 17.7. The van der Waals surface area contributed by atoms with E-state index in [4.69, 9.17) is 0 Å². The molecule has 6 heteroatoms. The quantitative estimate of drug-likeness (QED) is 0.501. The first kappa shape index (κ1) is 8.15. The van der Waals surface area contributed by atoms with Gasteiger partial charge in [-0.05, 0) is 18.8 Å². The minimum absolute atomic E-state index is 0.231. The molecule has 0 saturated heterocycles. The predicted molar refractivity (Wildman–Crippen MR) is 43.4 cm³/mol. The second kappa shape index (κ2) is 3.12. The number of aromatic nitrogens is 3. The van der Waals surface area contributed by atoms with Crippen LogP contribution in [0.3, 0.4) is 0 Å². The average Bonchev–Trinajstić information content (AvgIpc) is 2.73. The Balaban J connectivity index is 1.95. The summed E-state index contributed by atoms with van der Waals surface area (Å²) in [6.45, 7) is 0.620. The lowest BCUT2D eigenvalue weighted by atomic mass is 10.4. The zero-order chi connectivity index (χ0) is 9.26. The van der Waals surface area contributed by atoms with Crippen LogP contribution in [0.4, 0.5) is 0 Å². The highest BCUT2D eigenvalue weighted by Gasteiger charge is 2.22. The lowest BCUT2D eigenvalue weighted by Crippen LogP contribution is -2.00. The van der Waals surface area contributed by atoms with Gasteiger partial charge in [-0.15, -0.1) is 5.10 Å². The molecule has 0 aliphatic heterocycles. The van der Waals surface area contributed by atoms with Gasteiger partial charge in [0.05, 0.1) is 6.20 Å². The molecule has 1 saturated carbocycles. The highest BCUT2D eigenvalue weighted by molar-refractivity contribution is 4.90. The Morgan fingerprint density at radius 3 is 3.08 bits per heavy atom. The molecule has 70 valence electrons. The summed E-state index contributed by atoms with van der Waals surface area (Å²) >= 11 is 0. The summed E-state index contributed by atoms with van der Waals surface area (Å²) in [4.78, 5) is 9.74. The van der Waals surface area contributed by atoms with Gasteiger partial charge in [0, 0.05) is 11.5 Å². The fraction of sp³-hybridized carbons (Fsp3) is 0.714. The van der Waals surface area contributed by atoms with Crippen molar-refractivity contribution in [1.82, 2.24) is 15.0 Å². The third-order valence-electron chi connectivity index (χ3n) is 2.02. The third-order valence-corrected chi connectivity index (χ3v) is 2.02. The maximum absolute atomic E-state index is 10.1. The van der Waals surface area contributed by atoms with Crippen LogP contribution in [0.25, 0.3) is 0 Å². The largest absolute Gasteiger partial charge is 0.264 e. The molecule has 2 rings (SSSR count). The smallest absolute Gasteiger partial charge is 0.248 e. The van der Waals surface area contributed by atoms with Gasteiger partial charge in [-0.3, -0.25) is 14.8 Å². The Hall–Kier alpha value is -1.46. The van der Waals surface area contributed by atoms with Crippen LogP contribution >= 0.6 is 0 Å². The molecule has 0 aromatic carbocycles. The molecule has 0 spiro atoms. The van der Waals surface area contributed by atoms with E-state index >= 15 is 0 Å². The average molecular weight is 182 g/mol. The summed E-state index contributed by atoms with van der Waals surface area (Å²) in [6.07, 6.45) is 4.13. The van der Waals surface area contributed by atoms with Crippen molar-refractivity contribution >= 4 is 0 Å². The number of nitrogens with zero attached hydrogens (tertiary/aromatic N) is 4. The molecular weight excluding hydrogens is 172 g/mol. The number of nitro groups is 1. The van der Waals surface area contributed by atoms with Crippen LogP contribution in [-0.4, -0.2) is 19.9 Å². The molecule has 13 heavy (non-hydrogen) atoms. The van der Waals surface area contributed by atoms with E-state index < -0.39 is 4.92 Å². The molecule has 1 aromatic heterocycles. The Kier molecular flexibility index (Phi) is 1.96. The highest BCUT2D eigenvalue weighted by Crippen LogP contribution is 2.30. The highest BCUT2D eigenvalue weighted by atomic mass is 16.6. The van der Waals surface area contributed by atoms with E-state index in [-0.39, 0.29) is 6.54 Å². The van der Waals surface area contributed by atoms with Crippen molar-refractivity contribution in [3.05, 3.63) is 22.0 Å². The van der Waals surface area contributed by atoms with Gasteiger partial charge in [-0.2, -0.15) is 0 Å². The van der Waals surface area contributed by atoms with Crippen molar-refractivity contribution in [2.24, 2.45) is 5.92 Å². The van der Waals surface area contributed by atoms with Crippen LogP contribution in [-0.2, 0) is 13.1 Å². The molecule has 1 aromatic rings. The Labute approximate surface area is 74.7 Å². The molecule has 1 heterocycles. The maximum Gasteiger partial charge on any atom is 0.248 e. The van der Waals surface area contributed by atoms with E-state index in [1.165, 1.54) is 12.8 Å². The Bertz CT molecular complexity index is 318. The zero-order valence-corrected chi connectivity index (χ0v) is 7.09. The van der Waals surface area contributed by atoms with E-state index in [2.05, 4.69) is 10.3 Å². The SMILES string of the molecule is O=[N+]([O-])Cc1cn(CC2CC2)nn1. The zero-order valence-electron chi connectivity index (χ0n) is 7.09. The molecule has 0 unspecified atom stereocenters. The lowest BCUT2D eigenvalue weighted by molar-refractivity contribution is -0.497. The summed E-state index contributed by atoms with van der Waals surface area (Å²) in [7, 11) is 0. The molecule has 0 amide bonds. The van der Waals surface area contributed by atoms with Crippen molar-refractivity contribution < 1.29 is 4.92 Å².